The summed E-state index contributed by atoms with van der Waals surface area (Å²) in [5.74, 6) is 4.90. The highest BCUT2D eigenvalue weighted by Gasteiger charge is 2.22. The number of carbonyl (C=O) groups is 1. The largest absolute Gasteiger partial charge is 0.459 e. The number of hydrazine groups is 1. The third-order valence-electron chi connectivity index (χ3n) is 3.84. The number of amides is 1. The molecular weight excluding hydrogens is 268 g/mol. The van der Waals surface area contributed by atoms with Crippen LogP contribution in [-0.4, -0.2) is 5.91 Å². The summed E-state index contributed by atoms with van der Waals surface area (Å²) in [7, 11) is 0. The van der Waals surface area contributed by atoms with Crippen molar-refractivity contribution in [3.05, 3.63) is 59.0 Å². The van der Waals surface area contributed by atoms with Crippen LogP contribution in [0.5, 0.6) is 0 Å². The first kappa shape index (κ1) is 13.9. The smallest absolute Gasteiger partial charge is 0.301 e. The van der Waals surface area contributed by atoms with Crippen molar-refractivity contribution >= 4 is 5.91 Å². The van der Waals surface area contributed by atoms with Crippen LogP contribution < -0.4 is 11.3 Å². The van der Waals surface area contributed by atoms with E-state index in [1.54, 1.807) is 6.07 Å². The summed E-state index contributed by atoms with van der Waals surface area (Å²) < 4.78 is 11.2. The van der Waals surface area contributed by atoms with Gasteiger partial charge in [-0.25, -0.2) is 5.84 Å². The number of benzene rings is 1. The zero-order valence-electron chi connectivity index (χ0n) is 11.7. The summed E-state index contributed by atoms with van der Waals surface area (Å²) in [6.07, 6.45) is 4.75. The molecule has 1 heterocycles. The molecule has 5 nitrogen and oxygen atoms in total. The summed E-state index contributed by atoms with van der Waals surface area (Å²) >= 11 is 0. The quantitative estimate of drug-likeness (QED) is 0.514. The SMILES string of the molecule is NNC(=O)c1occc1COC1CCCc2ccccc21. The van der Waals surface area contributed by atoms with E-state index in [1.165, 1.54) is 17.4 Å². The molecule has 0 fully saturated rings. The van der Waals surface area contributed by atoms with Crippen molar-refractivity contribution in [2.24, 2.45) is 5.84 Å². The van der Waals surface area contributed by atoms with Gasteiger partial charge in [-0.15, -0.1) is 0 Å². The Morgan fingerprint density at radius 2 is 2.24 bits per heavy atom. The van der Waals surface area contributed by atoms with Crippen LogP contribution in [-0.2, 0) is 17.8 Å². The first-order chi connectivity index (χ1) is 10.3. The number of aryl methyl sites for hydroxylation is 1. The van der Waals surface area contributed by atoms with Crippen LogP contribution in [0.15, 0.2) is 41.0 Å². The van der Waals surface area contributed by atoms with Crippen LogP contribution in [0.4, 0.5) is 0 Å². The van der Waals surface area contributed by atoms with Crippen molar-refractivity contribution in [2.45, 2.75) is 32.0 Å². The highest BCUT2D eigenvalue weighted by atomic mass is 16.5. The van der Waals surface area contributed by atoms with Crippen molar-refractivity contribution in [1.82, 2.24) is 5.43 Å². The Labute approximate surface area is 123 Å². The van der Waals surface area contributed by atoms with Gasteiger partial charge in [-0.3, -0.25) is 10.2 Å². The van der Waals surface area contributed by atoms with Crippen LogP contribution in [0.1, 0.15) is 46.2 Å². The number of nitrogens with one attached hydrogen (secondary N) is 1. The molecule has 0 saturated carbocycles. The van der Waals surface area contributed by atoms with E-state index in [9.17, 15) is 4.79 Å². The third kappa shape index (κ3) is 2.84. The molecule has 3 N–H and O–H groups in total. The lowest BCUT2D eigenvalue weighted by atomic mass is 9.89. The van der Waals surface area contributed by atoms with Crippen LogP contribution in [0.25, 0.3) is 0 Å². The maximum absolute atomic E-state index is 11.6. The molecule has 0 radical (unpaired) electrons. The van der Waals surface area contributed by atoms with Gasteiger partial charge in [0.1, 0.15) is 0 Å². The molecule has 0 spiro atoms. The number of fused-ring (bicyclic) bond motifs is 1. The summed E-state index contributed by atoms with van der Waals surface area (Å²) in [5, 5.41) is 0. The standard InChI is InChI=1S/C16H18N2O3/c17-18-16(19)15-12(8-9-20-15)10-21-14-7-3-5-11-4-1-2-6-13(11)14/h1-2,4,6,8-9,14H,3,5,7,10,17H2,(H,18,19). The Morgan fingerprint density at radius 3 is 3.10 bits per heavy atom. The molecule has 1 aliphatic rings. The fourth-order valence-corrected chi connectivity index (χ4v) is 2.79. The Balaban J connectivity index is 1.72. The van der Waals surface area contributed by atoms with Gasteiger partial charge in [0.05, 0.1) is 19.0 Å². The lowest BCUT2D eigenvalue weighted by Gasteiger charge is -2.25. The van der Waals surface area contributed by atoms with Gasteiger partial charge in [0.2, 0.25) is 0 Å². The van der Waals surface area contributed by atoms with Crippen molar-refractivity contribution in [2.75, 3.05) is 0 Å². The number of furan rings is 1. The Bertz CT molecular complexity index is 636. The molecular formula is C16H18N2O3. The summed E-state index contributed by atoms with van der Waals surface area (Å²) in [6, 6.07) is 10.1. The minimum Gasteiger partial charge on any atom is -0.459 e. The third-order valence-corrected chi connectivity index (χ3v) is 3.84. The van der Waals surface area contributed by atoms with Gasteiger partial charge in [0, 0.05) is 5.56 Å². The lowest BCUT2D eigenvalue weighted by molar-refractivity contribution is 0.0274. The molecule has 2 aromatic rings. The molecule has 1 unspecified atom stereocenters. The van der Waals surface area contributed by atoms with Crippen molar-refractivity contribution in [3.63, 3.8) is 0 Å². The zero-order chi connectivity index (χ0) is 14.7. The number of hydrogen-bond acceptors (Lipinski definition) is 4. The molecule has 1 aliphatic carbocycles. The van der Waals surface area contributed by atoms with Gasteiger partial charge >= 0.3 is 5.91 Å². The van der Waals surface area contributed by atoms with E-state index in [0.717, 1.165) is 19.3 Å². The van der Waals surface area contributed by atoms with E-state index in [0.29, 0.717) is 12.2 Å². The predicted octanol–water partition coefficient (Wildman–Crippen LogP) is 2.48. The molecule has 110 valence electrons. The highest BCUT2D eigenvalue weighted by Crippen LogP contribution is 2.33. The molecule has 0 aliphatic heterocycles. The molecule has 1 aromatic heterocycles. The Hall–Kier alpha value is -2.11. The van der Waals surface area contributed by atoms with Crippen molar-refractivity contribution in [1.29, 1.82) is 0 Å². The molecule has 5 heteroatoms. The molecule has 1 atom stereocenters. The van der Waals surface area contributed by atoms with E-state index in [1.807, 2.05) is 6.07 Å². The lowest BCUT2D eigenvalue weighted by Crippen LogP contribution is -2.30. The fourth-order valence-electron chi connectivity index (χ4n) is 2.79. The van der Waals surface area contributed by atoms with Crippen molar-refractivity contribution in [3.8, 4) is 0 Å². The molecule has 0 saturated heterocycles. The summed E-state index contributed by atoms with van der Waals surface area (Å²) in [4.78, 5) is 11.6. The molecule has 3 rings (SSSR count). The highest BCUT2D eigenvalue weighted by molar-refractivity contribution is 5.92. The number of nitrogen functional groups attached to an aromatic ring is 1. The zero-order valence-corrected chi connectivity index (χ0v) is 11.7. The second-order valence-electron chi connectivity index (χ2n) is 5.14. The second-order valence-corrected chi connectivity index (χ2v) is 5.14. The Kier molecular flexibility index (Phi) is 4.03. The van der Waals surface area contributed by atoms with Gasteiger partial charge in [-0.2, -0.15) is 0 Å². The van der Waals surface area contributed by atoms with Crippen LogP contribution in [0.2, 0.25) is 0 Å². The molecule has 1 amide bonds. The Morgan fingerprint density at radius 1 is 1.38 bits per heavy atom. The first-order valence-electron chi connectivity index (χ1n) is 7.06. The first-order valence-corrected chi connectivity index (χ1v) is 7.06. The number of ether oxygens (including phenoxy) is 1. The maximum Gasteiger partial charge on any atom is 0.301 e. The van der Waals surface area contributed by atoms with Crippen LogP contribution in [0, 0.1) is 0 Å². The van der Waals surface area contributed by atoms with Gasteiger partial charge in [0.15, 0.2) is 5.76 Å². The topological polar surface area (TPSA) is 77.5 Å². The molecule has 1 aromatic carbocycles. The summed E-state index contributed by atoms with van der Waals surface area (Å²) in [5.41, 5.74) is 5.38. The number of rotatable bonds is 4. The molecule has 0 bridgehead atoms. The molecule has 21 heavy (non-hydrogen) atoms. The van der Waals surface area contributed by atoms with Gasteiger partial charge in [-0.1, -0.05) is 24.3 Å². The van der Waals surface area contributed by atoms with E-state index >= 15 is 0 Å². The number of nitrogens with two attached hydrogens (primary N) is 1. The average Bonchev–Trinajstić information content (AvgIpc) is 3.00. The minimum absolute atomic E-state index is 0.0682. The number of carbonyl (C=O) groups excluding carboxylic acids is 1. The van der Waals surface area contributed by atoms with E-state index < -0.39 is 5.91 Å². The van der Waals surface area contributed by atoms with Gasteiger partial charge < -0.3 is 9.15 Å². The van der Waals surface area contributed by atoms with Gasteiger partial charge in [0.25, 0.3) is 0 Å². The van der Waals surface area contributed by atoms with Crippen molar-refractivity contribution < 1.29 is 13.9 Å². The van der Waals surface area contributed by atoms with Crippen LogP contribution in [0.3, 0.4) is 0 Å². The van der Waals surface area contributed by atoms with Gasteiger partial charge in [-0.05, 0) is 36.5 Å². The fraction of sp³-hybridized carbons (Fsp3) is 0.312. The van der Waals surface area contributed by atoms with E-state index in [2.05, 4.69) is 23.6 Å². The monoisotopic (exact) mass is 286 g/mol. The predicted molar refractivity (Wildman–Crippen MR) is 77.3 cm³/mol. The maximum atomic E-state index is 11.6. The average molecular weight is 286 g/mol. The van der Waals surface area contributed by atoms with E-state index in [-0.39, 0.29) is 11.9 Å². The van der Waals surface area contributed by atoms with Crippen LogP contribution >= 0.6 is 0 Å². The number of hydrogen-bond donors (Lipinski definition) is 2. The minimum atomic E-state index is -0.442. The summed E-state index contributed by atoms with van der Waals surface area (Å²) in [6.45, 7) is 0.332. The van der Waals surface area contributed by atoms with E-state index in [4.69, 9.17) is 15.0 Å². The normalized spacial score (nSPS) is 17.3. The second kappa shape index (κ2) is 6.11.